The molecule has 0 aliphatic heterocycles. The molecule has 17 heavy (non-hydrogen) atoms. The lowest BCUT2D eigenvalue weighted by Gasteiger charge is -2.21. The van der Waals surface area contributed by atoms with Gasteiger partial charge >= 0.3 is 0 Å². The van der Waals surface area contributed by atoms with Gasteiger partial charge in [0.05, 0.1) is 5.69 Å². The van der Waals surface area contributed by atoms with E-state index in [-0.39, 0.29) is 0 Å². The summed E-state index contributed by atoms with van der Waals surface area (Å²) in [5.74, 6) is 0.632. The number of aromatic nitrogens is 3. The van der Waals surface area contributed by atoms with Crippen molar-refractivity contribution in [3.63, 3.8) is 0 Å². The standard InChI is InChI=1S/C13H18N4/c14-6-11-8-17-9-15-7-12(13(17)16-11)10-4-2-1-3-5-10/h7-10H,1-6,14H2. The van der Waals surface area contributed by atoms with Gasteiger partial charge in [0.15, 0.2) is 0 Å². The van der Waals surface area contributed by atoms with E-state index in [4.69, 9.17) is 5.73 Å². The molecule has 0 aromatic carbocycles. The highest BCUT2D eigenvalue weighted by atomic mass is 15.0. The van der Waals surface area contributed by atoms with Crippen LogP contribution in [0.2, 0.25) is 0 Å². The first-order valence-electron chi connectivity index (χ1n) is 6.40. The minimum Gasteiger partial charge on any atom is -0.325 e. The van der Waals surface area contributed by atoms with Gasteiger partial charge in [-0.2, -0.15) is 0 Å². The molecule has 0 atom stereocenters. The molecule has 2 aromatic rings. The first-order chi connectivity index (χ1) is 8.38. The molecule has 4 nitrogen and oxygen atoms in total. The fraction of sp³-hybridized carbons (Fsp3) is 0.538. The molecule has 0 bridgehead atoms. The zero-order valence-electron chi connectivity index (χ0n) is 9.97. The zero-order chi connectivity index (χ0) is 11.7. The van der Waals surface area contributed by atoms with Crippen LogP contribution in [0.1, 0.15) is 49.3 Å². The highest BCUT2D eigenvalue weighted by molar-refractivity contribution is 5.49. The molecule has 90 valence electrons. The molecular weight excluding hydrogens is 212 g/mol. The quantitative estimate of drug-likeness (QED) is 0.860. The van der Waals surface area contributed by atoms with Crippen LogP contribution in [-0.4, -0.2) is 14.4 Å². The van der Waals surface area contributed by atoms with Crippen molar-refractivity contribution in [2.45, 2.75) is 44.6 Å². The molecule has 4 heteroatoms. The highest BCUT2D eigenvalue weighted by Crippen LogP contribution is 2.33. The van der Waals surface area contributed by atoms with E-state index < -0.39 is 0 Å². The van der Waals surface area contributed by atoms with Crippen molar-refractivity contribution in [2.75, 3.05) is 0 Å². The summed E-state index contributed by atoms with van der Waals surface area (Å²) in [6.45, 7) is 0.492. The smallest absolute Gasteiger partial charge is 0.143 e. The predicted octanol–water partition coefficient (Wildman–Crippen LogP) is 2.24. The van der Waals surface area contributed by atoms with Gasteiger partial charge < -0.3 is 5.73 Å². The van der Waals surface area contributed by atoms with Crippen LogP contribution in [0.3, 0.4) is 0 Å². The Kier molecular flexibility index (Phi) is 2.81. The first-order valence-corrected chi connectivity index (χ1v) is 6.40. The third kappa shape index (κ3) is 1.93. The molecule has 0 amide bonds. The molecular formula is C13H18N4. The van der Waals surface area contributed by atoms with Crippen molar-refractivity contribution in [3.05, 3.63) is 30.0 Å². The number of rotatable bonds is 2. The van der Waals surface area contributed by atoms with E-state index in [1.165, 1.54) is 37.7 Å². The van der Waals surface area contributed by atoms with Gasteiger partial charge in [0, 0.05) is 24.5 Å². The maximum atomic E-state index is 5.65. The van der Waals surface area contributed by atoms with Crippen molar-refractivity contribution < 1.29 is 0 Å². The summed E-state index contributed by atoms with van der Waals surface area (Å²) in [5.41, 5.74) is 8.93. The lowest BCUT2D eigenvalue weighted by atomic mass is 9.85. The Labute approximate surface area is 101 Å². The molecule has 1 saturated carbocycles. The van der Waals surface area contributed by atoms with E-state index in [1.54, 1.807) is 0 Å². The second kappa shape index (κ2) is 4.45. The molecule has 0 radical (unpaired) electrons. The van der Waals surface area contributed by atoms with E-state index in [0.717, 1.165) is 11.3 Å². The molecule has 3 rings (SSSR count). The Balaban J connectivity index is 2.05. The Morgan fingerprint density at radius 2 is 2.12 bits per heavy atom. The van der Waals surface area contributed by atoms with E-state index in [2.05, 4.69) is 9.97 Å². The lowest BCUT2D eigenvalue weighted by Crippen LogP contribution is -2.07. The summed E-state index contributed by atoms with van der Waals surface area (Å²) in [6.07, 6.45) is 12.3. The molecule has 0 unspecified atom stereocenters. The highest BCUT2D eigenvalue weighted by Gasteiger charge is 2.19. The summed E-state index contributed by atoms with van der Waals surface area (Å²) in [4.78, 5) is 8.92. The lowest BCUT2D eigenvalue weighted by molar-refractivity contribution is 0.443. The monoisotopic (exact) mass is 230 g/mol. The van der Waals surface area contributed by atoms with Crippen LogP contribution in [0.4, 0.5) is 0 Å². The average molecular weight is 230 g/mol. The van der Waals surface area contributed by atoms with Crippen LogP contribution < -0.4 is 5.73 Å². The zero-order valence-corrected chi connectivity index (χ0v) is 9.97. The van der Waals surface area contributed by atoms with Gasteiger partial charge in [-0.25, -0.2) is 9.97 Å². The summed E-state index contributed by atoms with van der Waals surface area (Å²) in [6, 6.07) is 0. The van der Waals surface area contributed by atoms with Crippen molar-refractivity contribution >= 4 is 5.65 Å². The maximum Gasteiger partial charge on any atom is 0.143 e. The normalized spacial score (nSPS) is 17.7. The average Bonchev–Trinajstić information content (AvgIpc) is 2.82. The Bertz CT molecular complexity index is 511. The SMILES string of the molecule is NCc1cn2cncc(C3CCCCC3)c2n1. The second-order valence-corrected chi connectivity index (χ2v) is 4.85. The predicted molar refractivity (Wildman–Crippen MR) is 66.7 cm³/mol. The number of nitrogens with two attached hydrogens (primary N) is 1. The Morgan fingerprint density at radius 3 is 2.88 bits per heavy atom. The van der Waals surface area contributed by atoms with Crippen molar-refractivity contribution in [2.24, 2.45) is 5.73 Å². The fourth-order valence-electron chi connectivity index (χ4n) is 2.79. The van der Waals surface area contributed by atoms with E-state index >= 15 is 0 Å². The summed E-state index contributed by atoms with van der Waals surface area (Å²) < 4.78 is 2.01. The molecule has 0 spiro atoms. The van der Waals surface area contributed by atoms with Gasteiger partial charge in [0.2, 0.25) is 0 Å². The number of hydrogen-bond acceptors (Lipinski definition) is 3. The molecule has 1 fully saturated rings. The van der Waals surface area contributed by atoms with Crippen LogP contribution in [0.5, 0.6) is 0 Å². The minimum absolute atomic E-state index is 0.492. The number of imidazole rings is 1. The van der Waals surface area contributed by atoms with Gasteiger partial charge in [0.25, 0.3) is 0 Å². The molecule has 2 N–H and O–H groups in total. The van der Waals surface area contributed by atoms with Gasteiger partial charge in [0.1, 0.15) is 12.0 Å². The van der Waals surface area contributed by atoms with Crippen LogP contribution >= 0.6 is 0 Å². The summed E-state index contributed by atoms with van der Waals surface area (Å²) in [7, 11) is 0. The van der Waals surface area contributed by atoms with Crippen LogP contribution in [0, 0.1) is 0 Å². The Hall–Kier alpha value is -1.42. The van der Waals surface area contributed by atoms with E-state index in [1.807, 2.05) is 23.1 Å². The molecule has 2 heterocycles. The van der Waals surface area contributed by atoms with E-state index in [0.29, 0.717) is 12.5 Å². The van der Waals surface area contributed by atoms with Gasteiger partial charge in [-0.3, -0.25) is 4.40 Å². The van der Waals surface area contributed by atoms with Gasteiger partial charge in [-0.1, -0.05) is 19.3 Å². The van der Waals surface area contributed by atoms with Crippen molar-refractivity contribution in [1.82, 2.24) is 14.4 Å². The summed E-state index contributed by atoms with van der Waals surface area (Å²) >= 11 is 0. The van der Waals surface area contributed by atoms with Gasteiger partial charge in [-0.05, 0) is 18.8 Å². The fourth-order valence-corrected chi connectivity index (χ4v) is 2.79. The largest absolute Gasteiger partial charge is 0.325 e. The van der Waals surface area contributed by atoms with Crippen molar-refractivity contribution in [3.8, 4) is 0 Å². The first kappa shape index (κ1) is 10.7. The third-order valence-electron chi connectivity index (χ3n) is 3.70. The Morgan fingerprint density at radius 1 is 1.29 bits per heavy atom. The topological polar surface area (TPSA) is 56.2 Å². The molecule has 1 aliphatic carbocycles. The molecule has 0 saturated heterocycles. The summed E-state index contributed by atoms with van der Waals surface area (Å²) in [5, 5.41) is 0. The minimum atomic E-state index is 0.492. The van der Waals surface area contributed by atoms with E-state index in [9.17, 15) is 0 Å². The number of hydrogen-bond donors (Lipinski definition) is 1. The third-order valence-corrected chi connectivity index (χ3v) is 3.70. The van der Waals surface area contributed by atoms with Crippen LogP contribution in [0.25, 0.3) is 5.65 Å². The second-order valence-electron chi connectivity index (χ2n) is 4.85. The molecule has 2 aromatic heterocycles. The number of fused-ring (bicyclic) bond motifs is 1. The molecule has 1 aliphatic rings. The van der Waals surface area contributed by atoms with Crippen molar-refractivity contribution in [1.29, 1.82) is 0 Å². The van der Waals surface area contributed by atoms with Crippen LogP contribution in [0.15, 0.2) is 18.7 Å². The number of nitrogens with zero attached hydrogens (tertiary/aromatic N) is 3. The van der Waals surface area contributed by atoms with Crippen LogP contribution in [-0.2, 0) is 6.54 Å². The maximum absolute atomic E-state index is 5.65. The van der Waals surface area contributed by atoms with Gasteiger partial charge in [-0.15, -0.1) is 0 Å².